The van der Waals surface area contributed by atoms with E-state index in [0.717, 1.165) is 42.1 Å². The van der Waals surface area contributed by atoms with Gasteiger partial charge in [0.1, 0.15) is 11.5 Å². The van der Waals surface area contributed by atoms with E-state index in [1.807, 2.05) is 74.9 Å². The molecule has 7 nitrogen and oxygen atoms in total. The summed E-state index contributed by atoms with van der Waals surface area (Å²) >= 11 is 0. The first-order valence-electron chi connectivity index (χ1n) is 12.4. The Balaban J connectivity index is 1.37. The van der Waals surface area contributed by atoms with Crippen LogP contribution in [0.25, 0.3) is 22.6 Å². The standard InChI is InChI=1S/C29H28N6O/c1-20-13-14-22(17-21(20)2)27-25(19-35(32-27)24-10-4-3-5-11-24)29(36)33-15-8-9-23(18-33)28-31-30-26-12-6-7-16-34(26)28/h3-7,10-14,16-17,19,23H,8-9,15,18H2,1-2H3/t23-/m1/s1. The van der Waals surface area contributed by atoms with Crippen LogP contribution in [-0.2, 0) is 0 Å². The molecular weight excluding hydrogens is 448 g/mol. The van der Waals surface area contributed by atoms with Crippen molar-refractivity contribution in [2.75, 3.05) is 13.1 Å². The second-order valence-corrected chi connectivity index (χ2v) is 9.55. The van der Waals surface area contributed by atoms with Gasteiger partial charge in [-0.3, -0.25) is 9.20 Å². The smallest absolute Gasteiger partial charge is 0.257 e. The molecule has 1 saturated heterocycles. The highest BCUT2D eigenvalue weighted by atomic mass is 16.2. The Morgan fingerprint density at radius 2 is 1.78 bits per heavy atom. The molecule has 3 aromatic heterocycles. The number of carbonyl (C=O) groups is 1. The molecule has 2 aromatic carbocycles. The number of hydrogen-bond acceptors (Lipinski definition) is 4. The number of nitrogens with zero attached hydrogens (tertiary/aromatic N) is 6. The monoisotopic (exact) mass is 476 g/mol. The van der Waals surface area contributed by atoms with Crippen molar-refractivity contribution in [2.24, 2.45) is 0 Å². The van der Waals surface area contributed by atoms with Gasteiger partial charge in [0.25, 0.3) is 5.91 Å². The summed E-state index contributed by atoms with van der Waals surface area (Å²) in [4.78, 5) is 16.0. The Morgan fingerprint density at radius 3 is 2.61 bits per heavy atom. The predicted octanol–water partition coefficient (Wildman–Crippen LogP) is 5.22. The summed E-state index contributed by atoms with van der Waals surface area (Å²) in [5.74, 6) is 1.05. The van der Waals surface area contributed by atoms with Crippen molar-refractivity contribution in [3.63, 3.8) is 0 Å². The number of fused-ring (bicyclic) bond motifs is 1. The average molecular weight is 477 g/mol. The first-order chi connectivity index (χ1) is 17.6. The van der Waals surface area contributed by atoms with Crippen molar-refractivity contribution < 1.29 is 4.79 Å². The van der Waals surface area contributed by atoms with Crippen molar-refractivity contribution in [3.05, 3.63) is 102 Å². The normalized spacial score (nSPS) is 15.9. The van der Waals surface area contributed by atoms with Gasteiger partial charge < -0.3 is 4.90 Å². The van der Waals surface area contributed by atoms with E-state index >= 15 is 0 Å². The van der Waals surface area contributed by atoms with E-state index in [2.05, 4.69) is 42.2 Å². The number of para-hydroxylation sites is 1. The first-order valence-corrected chi connectivity index (χ1v) is 12.4. The van der Waals surface area contributed by atoms with Gasteiger partial charge in [-0.25, -0.2) is 4.68 Å². The molecule has 4 heterocycles. The molecule has 0 saturated carbocycles. The van der Waals surface area contributed by atoms with Crippen LogP contribution in [0, 0.1) is 13.8 Å². The molecule has 1 amide bonds. The van der Waals surface area contributed by atoms with Crippen molar-refractivity contribution >= 4 is 11.6 Å². The first kappa shape index (κ1) is 22.2. The molecule has 1 aliphatic rings. The van der Waals surface area contributed by atoms with Gasteiger partial charge in [-0.15, -0.1) is 10.2 Å². The molecule has 0 radical (unpaired) electrons. The van der Waals surface area contributed by atoms with E-state index in [0.29, 0.717) is 17.8 Å². The van der Waals surface area contributed by atoms with Gasteiger partial charge in [-0.05, 0) is 68.1 Å². The third-order valence-electron chi connectivity index (χ3n) is 7.16. The number of aromatic nitrogens is 5. The fourth-order valence-electron chi connectivity index (χ4n) is 5.03. The van der Waals surface area contributed by atoms with Crippen LogP contribution in [0.2, 0.25) is 0 Å². The highest BCUT2D eigenvalue weighted by Gasteiger charge is 2.31. The molecule has 0 unspecified atom stereocenters. The number of likely N-dealkylation sites (tertiary alicyclic amines) is 1. The Bertz CT molecular complexity index is 1550. The highest BCUT2D eigenvalue weighted by Crippen LogP contribution is 2.30. The lowest BCUT2D eigenvalue weighted by molar-refractivity contribution is 0.0705. The molecule has 5 aromatic rings. The minimum Gasteiger partial charge on any atom is -0.338 e. The van der Waals surface area contributed by atoms with E-state index < -0.39 is 0 Å². The van der Waals surface area contributed by atoms with E-state index in [9.17, 15) is 4.79 Å². The van der Waals surface area contributed by atoms with Crippen molar-refractivity contribution in [1.29, 1.82) is 0 Å². The lowest BCUT2D eigenvalue weighted by Crippen LogP contribution is -2.39. The Labute approximate surface area is 210 Å². The SMILES string of the molecule is Cc1ccc(-c2nn(-c3ccccc3)cc2C(=O)N2CCC[C@@H](c3nnc4ccccn34)C2)cc1C. The van der Waals surface area contributed by atoms with Gasteiger partial charge in [-0.2, -0.15) is 5.10 Å². The molecule has 6 rings (SSSR count). The zero-order chi connectivity index (χ0) is 24.6. The summed E-state index contributed by atoms with van der Waals surface area (Å²) in [7, 11) is 0. The van der Waals surface area contributed by atoms with Crippen LogP contribution in [0.15, 0.2) is 79.1 Å². The summed E-state index contributed by atoms with van der Waals surface area (Å²) in [6.45, 7) is 5.51. The quantitative estimate of drug-likeness (QED) is 0.357. The molecule has 0 aliphatic carbocycles. The fourth-order valence-corrected chi connectivity index (χ4v) is 5.03. The molecule has 0 N–H and O–H groups in total. The minimum absolute atomic E-state index is 0.00364. The highest BCUT2D eigenvalue weighted by molar-refractivity contribution is 6.00. The number of benzene rings is 2. The number of pyridine rings is 1. The van der Waals surface area contributed by atoms with Crippen LogP contribution in [0.4, 0.5) is 0 Å². The summed E-state index contributed by atoms with van der Waals surface area (Å²) in [5.41, 5.74) is 6.43. The number of rotatable bonds is 4. The maximum Gasteiger partial charge on any atom is 0.257 e. The fraction of sp³-hybridized carbons (Fsp3) is 0.241. The number of piperidine rings is 1. The summed E-state index contributed by atoms with van der Waals surface area (Å²) in [6.07, 6.45) is 5.77. The van der Waals surface area contributed by atoms with E-state index in [1.54, 1.807) is 0 Å². The van der Waals surface area contributed by atoms with E-state index in [1.165, 1.54) is 11.1 Å². The van der Waals surface area contributed by atoms with Crippen LogP contribution < -0.4 is 0 Å². The van der Waals surface area contributed by atoms with Crippen molar-refractivity contribution in [3.8, 4) is 16.9 Å². The molecule has 1 fully saturated rings. The topological polar surface area (TPSA) is 68.3 Å². The molecule has 7 heteroatoms. The second kappa shape index (κ2) is 9.07. The zero-order valence-electron chi connectivity index (χ0n) is 20.5. The third-order valence-corrected chi connectivity index (χ3v) is 7.16. The van der Waals surface area contributed by atoms with Crippen LogP contribution >= 0.6 is 0 Å². The zero-order valence-corrected chi connectivity index (χ0v) is 20.5. The number of aryl methyl sites for hydroxylation is 2. The molecule has 180 valence electrons. The lowest BCUT2D eigenvalue weighted by atomic mass is 9.96. The Kier molecular flexibility index (Phi) is 5.60. The van der Waals surface area contributed by atoms with Crippen molar-refractivity contribution in [2.45, 2.75) is 32.6 Å². The van der Waals surface area contributed by atoms with Crippen LogP contribution in [-0.4, -0.2) is 48.3 Å². The second-order valence-electron chi connectivity index (χ2n) is 9.55. The van der Waals surface area contributed by atoms with E-state index in [4.69, 9.17) is 5.10 Å². The van der Waals surface area contributed by atoms with Crippen LogP contribution in [0.5, 0.6) is 0 Å². The summed E-state index contributed by atoms with van der Waals surface area (Å²) < 4.78 is 3.85. The molecular formula is C29H28N6O. The predicted molar refractivity (Wildman–Crippen MR) is 139 cm³/mol. The molecule has 1 atom stereocenters. The molecule has 0 spiro atoms. The average Bonchev–Trinajstić information content (AvgIpc) is 3.56. The Morgan fingerprint density at radius 1 is 0.944 bits per heavy atom. The molecule has 0 bridgehead atoms. The summed E-state index contributed by atoms with van der Waals surface area (Å²) in [5, 5.41) is 13.7. The maximum absolute atomic E-state index is 14.0. The lowest BCUT2D eigenvalue weighted by Gasteiger charge is -2.32. The van der Waals surface area contributed by atoms with Crippen LogP contribution in [0.1, 0.15) is 46.1 Å². The number of hydrogen-bond donors (Lipinski definition) is 0. The van der Waals surface area contributed by atoms with Gasteiger partial charge in [0.15, 0.2) is 5.65 Å². The van der Waals surface area contributed by atoms with Gasteiger partial charge in [0.05, 0.1) is 11.3 Å². The largest absolute Gasteiger partial charge is 0.338 e. The Hall–Kier alpha value is -4.26. The number of carbonyl (C=O) groups excluding carboxylic acids is 1. The van der Waals surface area contributed by atoms with Gasteiger partial charge in [0.2, 0.25) is 0 Å². The van der Waals surface area contributed by atoms with Gasteiger partial charge >= 0.3 is 0 Å². The minimum atomic E-state index is 0.00364. The van der Waals surface area contributed by atoms with Crippen molar-refractivity contribution in [1.82, 2.24) is 29.3 Å². The molecule has 36 heavy (non-hydrogen) atoms. The number of amides is 1. The third kappa shape index (κ3) is 3.96. The van der Waals surface area contributed by atoms with E-state index in [-0.39, 0.29) is 11.8 Å². The van der Waals surface area contributed by atoms with Gasteiger partial charge in [-0.1, -0.05) is 36.4 Å². The summed E-state index contributed by atoms with van der Waals surface area (Å²) in [6, 6.07) is 22.1. The van der Waals surface area contributed by atoms with Gasteiger partial charge in [0, 0.05) is 37.0 Å². The maximum atomic E-state index is 14.0. The molecule has 1 aliphatic heterocycles. The van der Waals surface area contributed by atoms with Crippen LogP contribution in [0.3, 0.4) is 0 Å².